The number of halogens is 1. The van der Waals surface area contributed by atoms with E-state index in [2.05, 4.69) is 24.1 Å². The molecule has 0 bridgehead atoms. The molecule has 0 unspecified atom stereocenters. The Labute approximate surface area is 152 Å². The molecule has 4 nitrogen and oxygen atoms in total. The second-order valence-corrected chi connectivity index (χ2v) is 7.71. The molecule has 1 aliphatic carbocycles. The third-order valence-corrected chi connectivity index (χ3v) is 5.50. The highest BCUT2D eigenvalue weighted by atomic mass is 127. The van der Waals surface area contributed by atoms with Gasteiger partial charge in [-0.3, -0.25) is 4.99 Å². The van der Waals surface area contributed by atoms with Gasteiger partial charge in [0.25, 0.3) is 0 Å². The lowest BCUT2D eigenvalue weighted by molar-refractivity contribution is -0.0946. The third kappa shape index (κ3) is 4.08. The van der Waals surface area contributed by atoms with E-state index in [0.29, 0.717) is 5.41 Å². The second-order valence-electron chi connectivity index (χ2n) is 7.71. The standard InChI is InChI=1S/C17H31N3O.HI/c1-3-18-15(19-11-16(2)13-21-14-16)20-10-9-17(12-20)7-5-4-6-8-17;/h3-14H2,1-2H3,(H,18,19);1H. The molecule has 0 aromatic carbocycles. The lowest BCUT2D eigenvalue weighted by Crippen LogP contribution is -2.45. The molecule has 0 radical (unpaired) electrons. The first-order valence-electron chi connectivity index (χ1n) is 8.76. The van der Waals surface area contributed by atoms with Crippen molar-refractivity contribution < 1.29 is 4.74 Å². The summed E-state index contributed by atoms with van der Waals surface area (Å²) in [5.74, 6) is 1.13. The van der Waals surface area contributed by atoms with Gasteiger partial charge in [0.1, 0.15) is 0 Å². The van der Waals surface area contributed by atoms with Gasteiger partial charge < -0.3 is 15.0 Å². The Morgan fingerprint density at radius 2 is 1.91 bits per heavy atom. The van der Waals surface area contributed by atoms with Crippen LogP contribution < -0.4 is 5.32 Å². The average Bonchev–Trinajstić information content (AvgIpc) is 2.86. The number of likely N-dealkylation sites (tertiary alicyclic amines) is 1. The van der Waals surface area contributed by atoms with Gasteiger partial charge in [0.2, 0.25) is 0 Å². The first kappa shape index (κ1) is 18.3. The number of ether oxygens (including phenoxy) is 1. The van der Waals surface area contributed by atoms with Crippen molar-refractivity contribution in [3.05, 3.63) is 0 Å². The fourth-order valence-electron chi connectivity index (χ4n) is 4.06. The van der Waals surface area contributed by atoms with Crippen LogP contribution in [0, 0.1) is 10.8 Å². The Morgan fingerprint density at radius 1 is 1.18 bits per heavy atom. The van der Waals surface area contributed by atoms with E-state index in [4.69, 9.17) is 9.73 Å². The van der Waals surface area contributed by atoms with Gasteiger partial charge in [-0.25, -0.2) is 0 Å². The zero-order valence-corrected chi connectivity index (χ0v) is 16.5. The van der Waals surface area contributed by atoms with Gasteiger partial charge in [-0.1, -0.05) is 26.2 Å². The smallest absolute Gasteiger partial charge is 0.193 e. The van der Waals surface area contributed by atoms with Crippen molar-refractivity contribution in [1.82, 2.24) is 10.2 Å². The monoisotopic (exact) mass is 421 g/mol. The maximum Gasteiger partial charge on any atom is 0.193 e. The van der Waals surface area contributed by atoms with E-state index in [1.807, 2.05) is 0 Å². The molecule has 1 spiro atoms. The second kappa shape index (κ2) is 7.69. The van der Waals surface area contributed by atoms with Crippen LogP contribution in [0.15, 0.2) is 4.99 Å². The minimum atomic E-state index is 0. The van der Waals surface area contributed by atoms with Crippen LogP contribution in [0.5, 0.6) is 0 Å². The van der Waals surface area contributed by atoms with Crippen LogP contribution in [0.1, 0.15) is 52.4 Å². The number of hydrogen-bond acceptors (Lipinski definition) is 2. The van der Waals surface area contributed by atoms with Crippen LogP contribution >= 0.6 is 24.0 Å². The largest absolute Gasteiger partial charge is 0.380 e. The van der Waals surface area contributed by atoms with Crippen molar-refractivity contribution in [3.8, 4) is 0 Å². The van der Waals surface area contributed by atoms with Crippen molar-refractivity contribution in [3.63, 3.8) is 0 Å². The van der Waals surface area contributed by atoms with Gasteiger partial charge in [0.05, 0.1) is 19.8 Å². The average molecular weight is 421 g/mol. The van der Waals surface area contributed by atoms with Gasteiger partial charge in [0, 0.05) is 25.0 Å². The quantitative estimate of drug-likeness (QED) is 0.432. The van der Waals surface area contributed by atoms with E-state index >= 15 is 0 Å². The molecule has 2 saturated heterocycles. The molecular weight excluding hydrogens is 389 g/mol. The molecule has 0 aromatic rings. The van der Waals surface area contributed by atoms with Crippen molar-refractivity contribution in [2.75, 3.05) is 39.4 Å². The predicted molar refractivity (Wildman–Crippen MR) is 102 cm³/mol. The van der Waals surface area contributed by atoms with E-state index in [0.717, 1.165) is 32.3 Å². The van der Waals surface area contributed by atoms with E-state index < -0.39 is 0 Å². The summed E-state index contributed by atoms with van der Waals surface area (Å²) in [6.45, 7) is 10.4. The highest BCUT2D eigenvalue weighted by molar-refractivity contribution is 14.0. The topological polar surface area (TPSA) is 36.9 Å². The Kier molecular flexibility index (Phi) is 6.39. The van der Waals surface area contributed by atoms with Crippen LogP contribution in [-0.2, 0) is 4.74 Å². The van der Waals surface area contributed by atoms with Crippen LogP contribution in [0.25, 0.3) is 0 Å². The third-order valence-electron chi connectivity index (χ3n) is 5.50. The highest BCUT2D eigenvalue weighted by Crippen LogP contribution is 2.43. The van der Waals surface area contributed by atoms with Gasteiger partial charge in [-0.2, -0.15) is 0 Å². The van der Waals surface area contributed by atoms with Gasteiger partial charge in [-0.15, -0.1) is 24.0 Å². The minimum absolute atomic E-state index is 0. The molecule has 5 heteroatoms. The molecule has 0 aromatic heterocycles. The van der Waals surface area contributed by atoms with E-state index in [1.54, 1.807) is 0 Å². The maximum absolute atomic E-state index is 5.34. The van der Waals surface area contributed by atoms with Crippen molar-refractivity contribution >= 4 is 29.9 Å². The van der Waals surface area contributed by atoms with Gasteiger partial charge in [-0.05, 0) is 31.6 Å². The molecule has 3 rings (SSSR count). The van der Waals surface area contributed by atoms with Crippen LogP contribution in [0.4, 0.5) is 0 Å². The van der Waals surface area contributed by atoms with E-state index in [9.17, 15) is 0 Å². The molecular formula is C17H32IN3O. The molecule has 2 heterocycles. The number of nitrogens with zero attached hydrogens (tertiary/aromatic N) is 2. The van der Waals surface area contributed by atoms with Gasteiger partial charge >= 0.3 is 0 Å². The minimum Gasteiger partial charge on any atom is -0.380 e. The number of aliphatic imine (C=N–C) groups is 1. The molecule has 1 saturated carbocycles. The normalized spacial score (nSPS) is 26.5. The Hall–Kier alpha value is -0.0400. The number of guanidine groups is 1. The van der Waals surface area contributed by atoms with E-state index in [1.165, 1.54) is 51.6 Å². The molecule has 3 aliphatic rings. The summed E-state index contributed by atoms with van der Waals surface area (Å²) in [6.07, 6.45) is 8.50. The number of hydrogen-bond donors (Lipinski definition) is 1. The van der Waals surface area contributed by atoms with Crippen molar-refractivity contribution in [2.24, 2.45) is 15.8 Å². The highest BCUT2D eigenvalue weighted by Gasteiger charge is 2.40. The summed E-state index contributed by atoms with van der Waals surface area (Å²) in [4.78, 5) is 7.43. The number of rotatable bonds is 3. The van der Waals surface area contributed by atoms with Crippen molar-refractivity contribution in [2.45, 2.75) is 52.4 Å². The first-order chi connectivity index (χ1) is 10.1. The van der Waals surface area contributed by atoms with Crippen LogP contribution in [-0.4, -0.2) is 50.3 Å². The summed E-state index contributed by atoms with van der Waals surface area (Å²) in [7, 11) is 0. The zero-order chi connectivity index (χ0) is 14.8. The SMILES string of the molecule is CCNC(=NCC1(C)COC1)N1CCC2(CCCCC2)C1.I. The Balaban J connectivity index is 0.00000176. The lowest BCUT2D eigenvalue weighted by atomic mass is 9.73. The van der Waals surface area contributed by atoms with Crippen molar-refractivity contribution in [1.29, 1.82) is 0 Å². The Bertz CT molecular complexity index is 389. The molecule has 2 aliphatic heterocycles. The maximum atomic E-state index is 5.34. The van der Waals surface area contributed by atoms with Crippen LogP contribution in [0.3, 0.4) is 0 Å². The fraction of sp³-hybridized carbons (Fsp3) is 0.941. The molecule has 0 atom stereocenters. The van der Waals surface area contributed by atoms with Crippen LogP contribution in [0.2, 0.25) is 0 Å². The molecule has 3 fully saturated rings. The number of nitrogens with one attached hydrogen (secondary N) is 1. The molecule has 128 valence electrons. The molecule has 1 N–H and O–H groups in total. The summed E-state index contributed by atoms with van der Waals surface area (Å²) in [5.41, 5.74) is 0.862. The summed E-state index contributed by atoms with van der Waals surface area (Å²) in [6, 6.07) is 0. The van der Waals surface area contributed by atoms with Gasteiger partial charge in [0.15, 0.2) is 5.96 Å². The lowest BCUT2D eigenvalue weighted by Gasteiger charge is -2.37. The van der Waals surface area contributed by atoms with E-state index in [-0.39, 0.29) is 29.4 Å². The summed E-state index contributed by atoms with van der Waals surface area (Å²) < 4.78 is 5.34. The Morgan fingerprint density at radius 3 is 2.50 bits per heavy atom. The molecule has 0 amide bonds. The first-order valence-corrected chi connectivity index (χ1v) is 8.76. The fourth-order valence-corrected chi connectivity index (χ4v) is 4.06. The zero-order valence-electron chi connectivity index (χ0n) is 14.2. The predicted octanol–water partition coefficient (Wildman–Crippen LogP) is 3.26. The molecule has 22 heavy (non-hydrogen) atoms. The summed E-state index contributed by atoms with van der Waals surface area (Å²) in [5, 5.41) is 3.50. The summed E-state index contributed by atoms with van der Waals surface area (Å²) >= 11 is 0.